The predicted molar refractivity (Wildman–Crippen MR) is 84.6 cm³/mol. The highest BCUT2D eigenvalue weighted by Gasteiger charge is 2.20. The number of rotatable bonds is 3. The molecule has 0 fully saturated rings. The van der Waals surface area contributed by atoms with Gasteiger partial charge in [-0.3, -0.25) is 4.79 Å². The highest BCUT2D eigenvalue weighted by atomic mass is 35.5. The first-order valence-corrected chi connectivity index (χ1v) is 7.28. The molecule has 4 heteroatoms. The number of hydrogen-bond acceptors (Lipinski definition) is 1. The number of benzene rings is 1. The first kappa shape index (κ1) is 15.1. The molecule has 2 aromatic rings. The quantitative estimate of drug-likeness (QED) is 0.586. The van der Waals surface area contributed by atoms with Crippen molar-refractivity contribution in [2.24, 2.45) is 0 Å². The summed E-state index contributed by atoms with van der Waals surface area (Å²) in [5, 5.41) is 0.132. The minimum Gasteiger partial charge on any atom is -0.316 e. The van der Waals surface area contributed by atoms with E-state index in [1.165, 1.54) is 0 Å². The number of ketones is 1. The van der Waals surface area contributed by atoms with Crippen LogP contribution in [-0.2, 0) is 0 Å². The maximum absolute atomic E-state index is 12.1. The molecule has 2 nitrogen and oxygen atoms in total. The van der Waals surface area contributed by atoms with Gasteiger partial charge in [-0.1, -0.05) is 17.7 Å². The van der Waals surface area contributed by atoms with Gasteiger partial charge in [0.15, 0.2) is 5.78 Å². The Kier molecular flexibility index (Phi) is 4.26. The van der Waals surface area contributed by atoms with Crippen molar-refractivity contribution in [3.63, 3.8) is 0 Å². The van der Waals surface area contributed by atoms with Gasteiger partial charge in [-0.25, -0.2) is 0 Å². The van der Waals surface area contributed by atoms with Crippen LogP contribution in [0.2, 0.25) is 5.02 Å². The fourth-order valence-electron chi connectivity index (χ4n) is 2.39. The van der Waals surface area contributed by atoms with Crippen LogP contribution in [0.25, 0.3) is 5.69 Å². The SMILES string of the molecule is Cc1ccc(Cl)c(-n2c(C)cc(C(=O)C(C)Cl)c2C)c1. The third-order valence-corrected chi connectivity index (χ3v) is 3.92. The van der Waals surface area contributed by atoms with Gasteiger partial charge >= 0.3 is 0 Å². The van der Waals surface area contributed by atoms with Crippen LogP contribution in [-0.4, -0.2) is 15.7 Å². The zero-order chi connectivity index (χ0) is 15.0. The van der Waals surface area contributed by atoms with E-state index in [9.17, 15) is 4.79 Å². The molecule has 0 N–H and O–H groups in total. The van der Waals surface area contributed by atoms with E-state index in [0.717, 1.165) is 22.6 Å². The smallest absolute Gasteiger partial charge is 0.182 e. The molecule has 106 valence electrons. The van der Waals surface area contributed by atoms with Crippen molar-refractivity contribution in [3.8, 4) is 5.69 Å². The highest BCUT2D eigenvalue weighted by Crippen LogP contribution is 2.28. The van der Waals surface area contributed by atoms with E-state index in [-0.39, 0.29) is 5.78 Å². The fourth-order valence-corrected chi connectivity index (χ4v) is 2.71. The first-order valence-electron chi connectivity index (χ1n) is 6.46. The van der Waals surface area contributed by atoms with Crippen LogP contribution >= 0.6 is 23.2 Å². The Balaban J connectivity index is 2.64. The molecule has 0 radical (unpaired) electrons. The number of hydrogen-bond donors (Lipinski definition) is 0. The summed E-state index contributed by atoms with van der Waals surface area (Å²) in [7, 11) is 0. The predicted octanol–water partition coefficient (Wildman–Crippen LogP) is 4.87. The van der Waals surface area contributed by atoms with E-state index in [1.54, 1.807) is 6.92 Å². The Morgan fingerprint density at radius 3 is 2.45 bits per heavy atom. The summed E-state index contributed by atoms with van der Waals surface area (Å²) in [5.74, 6) is -0.0604. The minimum atomic E-state index is -0.531. The second kappa shape index (κ2) is 5.63. The molecule has 1 atom stereocenters. The molecule has 1 unspecified atom stereocenters. The summed E-state index contributed by atoms with van der Waals surface area (Å²) in [6, 6.07) is 7.72. The zero-order valence-electron chi connectivity index (χ0n) is 12.0. The Morgan fingerprint density at radius 2 is 1.85 bits per heavy atom. The van der Waals surface area contributed by atoms with Gasteiger partial charge in [0.05, 0.1) is 16.1 Å². The zero-order valence-corrected chi connectivity index (χ0v) is 13.5. The van der Waals surface area contributed by atoms with Gasteiger partial charge in [-0.05, 0) is 51.5 Å². The number of carbonyl (C=O) groups excluding carboxylic acids is 1. The summed E-state index contributed by atoms with van der Waals surface area (Å²) < 4.78 is 2.00. The lowest BCUT2D eigenvalue weighted by atomic mass is 10.1. The average Bonchev–Trinajstić information content (AvgIpc) is 2.67. The largest absolute Gasteiger partial charge is 0.316 e. The Morgan fingerprint density at radius 1 is 1.20 bits per heavy atom. The summed E-state index contributed by atoms with van der Waals surface area (Å²) in [6.07, 6.45) is 0. The standard InChI is InChI=1S/C16H17Cl2NO/c1-9-5-6-14(18)15(7-9)19-10(2)8-13(12(19)4)16(20)11(3)17/h5-8,11H,1-4H3. The van der Waals surface area contributed by atoms with E-state index in [2.05, 4.69) is 0 Å². The molecule has 0 amide bonds. The number of alkyl halides is 1. The van der Waals surface area contributed by atoms with Crippen molar-refractivity contribution in [2.75, 3.05) is 0 Å². The van der Waals surface area contributed by atoms with E-state index in [0.29, 0.717) is 10.6 Å². The normalized spacial score (nSPS) is 12.5. The third-order valence-electron chi connectivity index (χ3n) is 3.40. The molecule has 0 saturated carbocycles. The molecule has 1 aromatic heterocycles. The van der Waals surface area contributed by atoms with Crippen molar-refractivity contribution in [3.05, 3.63) is 51.8 Å². The molecule has 2 rings (SSSR count). The molecule has 1 aromatic carbocycles. The van der Waals surface area contributed by atoms with Gasteiger partial charge in [-0.2, -0.15) is 0 Å². The fraction of sp³-hybridized carbons (Fsp3) is 0.312. The minimum absolute atomic E-state index is 0.0604. The highest BCUT2D eigenvalue weighted by molar-refractivity contribution is 6.34. The molecule has 1 heterocycles. The molecule has 0 bridgehead atoms. The molecular weight excluding hydrogens is 293 g/mol. The summed E-state index contributed by atoms with van der Waals surface area (Å²) in [4.78, 5) is 12.1. The van der Waals surface area contributed by atoms with E-state index in [4.69, 9.17) is 23.2 Å². The molecular formula is C16H17Cl2NO. The van der Waals surface area contributed by atoms with Crippen LogP contribution in [0, 0.1) is 20.8 Å². The van der Waals surface area contributed by atoms with Crippen molar-refractivity contribution >= 4 is 29.0 Å². The van der Waals surface area contributed by atoms with E-state index >= 15 is 0 Å². The van der Waals surface area contributed by atoms with Crippen molar-refractivity contribution in [1.29, 1.82) is 0 Å². The second-order valence-electron chi connectivity index (χ2n) is 5.06. The van der Waals surface area contributed by atoms with Crippen LogP contribution in [0.5, 0.6) is 0 Å². The topological polar surface area (TPSA) is 22.0 Å². The number of aryl methyl sites for hydroxylation is 2. The van der Waals surface area contributed by atoms with Crippen LogP contribution in [0.3, 0.4) is 0 Å². The lowest BCUT2D eigenvalue weighted by molar-refractivity contribution is 0.0991. The van der Waals surface area contributed by atoms with Gasteiger partial charge in [0.1, 0.15) is 0 Å². The number of halogens is 2. The second-order valence-corrected chi connectivity index (χ2v) is 6.12. The Bertz CT molecular complexity index is 671. The first-order chi connectivity index (χ1) is 9.32. The van der Waals surface area contributed by atoms with E-state index < -0.39 is 5.38 Å². The molecule has 0 aliphatic carbocycles. The maximum atomic E-state index is 12.1. The Hall–Kier alpha value is -1.25. The van der Waals surface area contributed by atoms with Gasteiger partial charge in [0.2, 0.25) is 0 Å². The van der Waals surface area contributed by atoms with Gasteiger partial charge in [0, 0.05) is 17.0 Å². The number of nitrogens with zero attached hydrogens (tertiary/aromatic N) is 1. The van der Waals surface area contributed by atoms with Crippen molar-refractivity contribution < 1.29 is 4.79 Å². The van der Waals surface area contributed by atoms with Crippen LogP contribution in [0.15, 0.2) is 24.3 Å². The summed E-state index contributed by atoms with van der Waals surface area (Å²) in [6.45, 7) is 7.58. The lowest BCUT2D eigenvalue weighted by Crippen LogP contribution is -2.11. The molecule has 0 aliphatic heterocycles. The lowest BCUT2D eigenvalue weighted by Gasteiger charge is -2.13. The van der Waals surface area contributed by atoms with Gasteiger partial charge in [0.25, 0.3) is 0 Å². The summed E-state index contributed by atoms with van der Waals surface area (Å²) in [5.41, 5.74) is 4.50. The van der Waals surface area contributed by atoms with Crippen LogP contribution in [0.4, 0.5) is 0 Å². The van der Waals surface area contributed by atoms with Crippen LogP contribution < -0.4 is 0 Å². The number of aromatic nitrogens is 1. The van der Waals surface area contributed by atoms with Crippen molar-refractivity contribution in [2.45, 2.75) is 33.1 Å². The molecule has 0 aliphatic rings. The summed E-state index contributed by atoms with van der Waals surface area (Å²) >= 11 is 12.2. The number of carbonyl (C=O) groups is 1. The van der Waals surface area contributed by atoms with Gasteiger partial charge in [-0.15, -0.1) is 11.6 Å². The monoisotopic (exact) mass is 309 g/mol. The Labute approximate surface area is 129 Å². The van der Waals surface area contributed by atoms with E-state index in [1.807, 2.05) is 49.6 Å². The van der Waals surface area contributed by atoms with Crippen molar-refractivity contribution in [1.82, 2.24) is 4.57 Å². The molecule has 20 heavy (non-hydrogen) atoms. The van der Waals surface area contributed by atoms with Gasteiger partial charge < -0.3 is 4.57 Å². The van der Waals surface area contributed by atoms with Crippen LogP contribution in [0.1, 0.15) is 34.2 Å². The maximum Gasteiger partial charge on any atom is 0.182 e. The third kappa shape index (κ3) is 2.63. The number of Topliss-reactive ketones (excluding diaryl/α,β-unsaturated/α-hetero) is 1. The average molecular weight is 310 g/mol. The molecule has 0 saturated heterocycles. The molecule has 0 spiro atoms.